The largest absolute Gasteiger partial charge is 0.326 e. The average molecular weight is 198 g/mol. The Morgan fingerprint density at radius 1 is 1.27 bits per heavy atom. The lowest BCUT2D eigenvalue weighted by atomic mass is 10.0. The van der Waals surface area contributed by atoms with Gasteiger partial charge in [0.15, 0.2) is 0 Å². The van der Waals surface area contributed by atoms with Gasteiger partial charge >= 0.3 is 0 Å². The summed E-state index contributed by atoms with van der Waals surface area (Å²) in [5.74, 6) is 1.76. The van der Waals surface area contributed by atoms with E-state index in [2.05, 4.69) is 53.2 Å². The van der Waals surface area contributed by atoms with Crippen LogP contribution in [0, 0.1) is 5.92 Å². The molecule has 0 amide bonds. The predicted molar refractivity (Wildman–Crippen MR) is 64.3 cm³/mol. The fourth-order valence-corrected chi connectivity index (χ4v) is 2.20. The maximum atomic E-state index is 4.59. The third kappa shape index (κ3) is 1.37. The number of para-hydroxylation sites is 1. The zero-order valence-corrected chi connectivity index (χ0v) is 8.85. The number of fused-ring (bicyclic) bond motifs is 3. The Hall–Kier alpha value is -1.57. The highest BCUT2D eigenvalue weighted by Gasteiger charge is 2.23. The Kier molecular flexibility index (Phi) is 1.88. The quantitative estimate of drug-likeness (QED) is 0.625. The van der Waals surface area contributed by atoms with Crippen LogP contribution in [0.4, 0.5) is 5.69 Å². The lowest BCUT2D eigenvalue weighted by Gasteiger charge is -2.34. The van der Waals surface area contributed by atoms with Gasteiger partial charge in [-0.1, -0.05) is 25.1 Å². The summed E-state index contributed by atoms with van der Waals surface area (Å²) in [4.78, 5) is 6.91. The lowest BCUT2D eigenvalue weighted by Crippen LogP contribution is -2.40. The molecule has 2 heteroatoms. The van der Waals surface area contributed by atoms with Gasteiger partial charge in [0.05, 0.1) is 0 Å². The van der Waals surface area contributed by atoms with Crippen molar-refractivity contribution < 1.29 is 0 Å². The van der Waals surface area contributed by atoms with Crippen molar-refractivity contribution in [3.8, 4) is 0 Å². The van der Waals surface area contributed by atoms with E-state index < -0.39 is 0 Å². The van der Waals surface area contributed by atoms with Crippen LogP contribution in [0.3, 0.4) is 0 Å². The van der Waals surface area contributed by atoms with Gasteiger partial charge in [0.1, 0.15) is 5.84 Å². The second-order valence-electron chi connectivity index (χ2n) is 4.31. The van der Waals surface area contributed by atoms with Crippen molar-refractivity contribution in [2.75, 3.05) is 18.0 Å². The maximum Gasteiger partial charge on any atom is 0.128 e. The number of benzene rings is 1. The molecule has 2 aliphatic heterocycles. The number of hydrogen-bond donors (Lipinski definition) is 0. The van der Waals surface area contributed by atoms with Gasteiger partial charge in [-0.15, -0.1) is 0 Å². The Labute approximate surface area is 89.9 Å². The molecular weight excluding hydrogens is 184 g/mol. The van der Waals surface area contributed by atoms with Gasteiger partial charge in [-0.05, 0) is 29.7 Å². The lowest BCUT2D eigenvalue weighted by molar-refractivity contribution is 0.585. The molecule has 76 valence electrons. The normalized spacial score (nSPS) is 23.1. The van der Waals surface area contributed by atoms with Gasteiger partial charge in [-0.2, -0.15) is 0 Å². The van der Waals surface area contributed by atoms with E-state index in [1.165, 1.54) is 11.3 Å². The second-order valence-corrected chi connectivity index (χ2v) is 4.31. The molecule has 3 rings (SSSR count). The molecule has 1 atom stereocenters. The average Bonchev–Trinajstić information content (AvgIpc) is 2.29. The molecule has 0 bridgehead atoms. The van der Waals surface area contributed by atoms with E-state index in [-0.39, 0.29) is 0 Å². The first-order chi connectivity index (χ1) is 7.34. The molecule has 1 aromatic rings. The molecule has 0 saturated carbocycles. The molecule has 15 heavy (non-hydrogen) atoms. The fourth-order valence-electron chi connectivity index (χ4n) is 2.20. The van der Waals surface area contributed by atoms with Gasteiger partial charge in [0, 0.05) is 18.8 Å². The summed E-state index contributed by atoms with van der Waals surface area (Å²) in [7, 11) is 0. The first kappa shape index (κ1) is 8.72. The monoisotopic (exact) mass is 198 g/mol. The van der Waals surface area contributed by atoms with Gasteiger partial charge < -0.3 is 4.90 Å². The molecule has 2 aliphatic rings. The molecule has 0 saturated heterocycles. The van der Waals surface area contributed by atoms with E-state index >= 15 is 0 Å². The van der Waals surface area contributed by atoms with Crippen molar-refractivity contribution in [1.82, 2.24) is 0 Å². The first-order valence-corrected chi connectivity index (χ1v) is 5.44. The molecule has 1 unspecified atom stereocenters. The topological polar surface area (TPSA) is 15.6 Å². The molecule has 0 aliphatic carbocycles. The molecule has 0 radical (unpaired) electrons. The number of rotatable bonds is 0. The zero-order valence-electron chi connectivity index (χ0n) is 8.85. The van der Waals surface area contributed by atoms with Crippen LogP contribution < -0.4 is 4.90 Å². The fraction of sp³-hybridized carbons (Fsp3) is 0.308. The molecule has 0 aromatic heterocycles. The summed E-state index contributed by atoms with van der Waals surface area (Å²) in [5, 5.41) is 0. The smallest absolute Gasteiger partial charge is 0.128 e. The Bertz CT molecular complexity index is 446. The minimum absolute atomic E-state index is 0.647. The molecule has 0 N–H and O–H groups in total. The van der Waals surface area contributed by atoms with Crippen molar-refractivity contribution in [2.45, 2.75) is 6.92 Å². The molecule has 0 fully saturated rings. The molecule has 0 spiro atoms. The van der Waals surface area contributed by atoms with E-state index in [0.29, 0.717) is 5.92 Å². The molecule has 2 heterocycles. The summed E-state index contributed by atoms with van der Waals surface area (Å²) in [6.45, 7) is 4.29. The van der Waals surface area contributed by atoms with Gasteiger partial charge in [-0.3, -0.25) is 4.99 Å². The van der Waals surface area contributed by atoms with Crippen molar-refractivity contribution in [2.24, 2.45) is 10.9 Å². The SMILES string of the molecule is CC1CN=C2C=Cc3ccccc3N2C1. The third-order valence-corrected chi connectivity index (χ3v) is 2.98. The van der Waals surface area contributed by atoms with Crippen molar-refractivity contribution >= 4 is 17.6 Å². The van der Waals surface area contributed by atoms with Crippen LogP contribution in [0.25, 0.3) is 6.08 Å². The number of aliphatic imine (C=N–C) groups is 1. The minimum Gasteiger partial charge on any atom is -0.326 e. The summed E-state index contributed by atoms with van der Waals surface area (Å²) < 4.78 is 0. The predicted octanol–water partition coefficient (Wildman–Crippen LogP) is 2.57. The highest BCUT2D eigenvalue weighted by Crippen LogP contribution is 2.29. The van der Waals surface area contributed by atoms with Gasteiger partial charge in [0.25, 0.3) is 0 Å². The van der Waals surface area contributed by atoms with E-state index in [1.54, 1.807) is 0 Å². The Balaban J connectivity index is 2.11. The number of hydrogen-bond acceptors (Lipinski definition) is 2. The van der Waals surface area contributed by atoms with E-state index in [1.807, 2.05) is 0 Å². The molecular formula is C13H14N2. The van der Waals surface area contributed by atoms with Crippen LogP contribution in [0.1, 0.15) is 12.5 Å². The maximum absolute atomic E-state index is 4.59. The summed E-state index contributed by atoms with van der Waals surface area (Å²) in [6, 6.07) is 8.50. The highest BCUT2D eigenvalue weighted by molar-refractivity contribution is 6.12. The minimum atomic E-state index is 0.647. The number of anilines is 1. The van der Waals surface area contributed by atoms with E-state index in [0.717, 1.165) is 18.9 Å². The van der Waals surface area contributed by atoms with Gasteiger partial charge in [0.2, 0.25) is 0 Å². The van der Waals surface area contributed by atoms with E-state index in [9.17, 15) is 0 Å². The summed E-state index contributed by atoms with van der Waals surface area (Å²) >= 11 is 0. The third-order valence-electron chi connectivity index (χ3n) is 2.98. The first-order valence-electron chi connectivity index (χ1n) is 5.44. The Morgan fingerprint density at radius 3 is 3.07 bits per heavy atom. The molecule has 2 nitrogen and oxygen atoms in total. The Morgan fingerprint density at radius 2 is 2.13 bits per heavy atom. The van der Waals surface area contributed by atoms with Gasteiger partial charge in [-0.25, -0.2) is 0 Å². The summed E-state index contributed by atoms with van der Waals surface area (Å²) in [6.07, 6.45) is 4.27. The van der Waals surface area contributed by atoms with Crippen LogP contribution in [0.15, 0.2) is 35.3 Å². The summed E-state index contributed by atoms with van der Waals surface area (Å²) in [5.41, 5.74) is 2.59. The van der Waals surface area contributed by atoms with Crippen molar-refractivity contribution in [1.29, 1.82) is 0 Å². The van der Waals surface area contributed by atoms with Crippen molar-refractivity contribution in [3.63, 3.8) is 0 Å². The number of nitrogens with zero attached hydrogens (tertiary/aromatic N) is 2. The van der Waals surface area contributed by atoms with Crippen LogP contribution in [-0.2, 0) is 0 Å². The highest BCUT2D eigenvalue weighted by atomic mass is 15.2. The standard InChI is InChI=1S/C13H14N2/c1-10-8-14-13-7-6-11-4-2-3-5-12(11)15(13)9-10/h2-7,10H,8-9H2,1H3. The van der Waals surface area contributed by atoms with Crippen LogP contribution in [0.2, 0.25) is 0 Å². The van der Waals surface area contributed by atoms with Crippen LogP contribution >= 0.6 is 0 Å². The van der Waals surface area contributed by atoms with Crippen molar-refractivity contribution in [3.05, 3.63) is 35.9 Å². The van der Waals surface area contributed by atoms with Crippen LogP contribution in [0.5, 0.6) is 0 Å². The van der Waals surface area contributed by atoms with Crippen LogP contribution in [-0.4, -0.2) is 18.9 Å². The van der Waals surface area contributed by atoms with E-state index in [4.69, 9.17) is 0 Å². The number of amidine groups is 1. The zero-order chi connectivity index (χ0) is 10.3. The second kappa shape index (κ2) is 3.23. The molecule has 1 aromatic carbocycles.